The Bertz CT molecular complexity index is 1230. The molecule has 4 aromatic rings. The molecule has 0 fully saturated rings. The van der Waals surface area contributed by atoms with Crippen LogP contribution in [-0.4, -0.2) is 24.2 Å². The van der Waals surface area contributed by atoms with Crippen molar-refractivity contribution < 1.29 is 9.47 Å². The maximum atomic E-state index is 5.56. The van der Waals surface area contributed by atoms with E-state index in [0.717, 1.165) is 33.5 Å². The Kier molecular flexibility index (Phi) is 4.02. The summed E-state index contributed by atoms with van der Waals surface area (Å²) in [6.45, 7) is 4.41. The van der Waals surface area contributed by atoms with Crippen LogP contribution in [0.3, 0.4) is 0 Å². The summed E-state index contributed by atoms with van der Waals surface area (Å²) in [4.78, 5) is 9.84. The molecule has 0 saturated carbocycles. The number of benzene rings is 3. The Morgan fingerprint density at radius 1 is 0.966 bits per heavy atom. The molecular formula is C24H21N3O2. The molecule has 29 heavy (non-hydrogen) atoms. The molecule has 0 saturated heterocycles. The van der Waals surface area contributed by atoms with Gasteiger partial charge in [-0.05, 0) is 41.5 Å². The van der Waals surface area contributed by atoms with Gasteiger partial charge in [-0.2, -0.15) is 0 Å². The molecule has 0 radical (unpaired) electrons. The lowest BCUT2D eigenvalue weighted by Crippen LogP contribution is -2.21. The Hall–Kier alpha value is -3.73. The monoisotopic (exact) mass is 383 g/mol. The normalized spacial score (nSPS) is 15.6. The summed E-state index contributed by atoms with van der Waals surface area (Å²) in [6, 6.07) is 20.7. The zero-order valence-electron chi connectivity index (χ0n) is 16.3. The van der Waals surface area contributed by atoms with E-state index in [9.17, 15) is 0 Å². The van der Waals surface area contributed by atoms with E-state index in [1.165, 1.54) is 5.56 Å². The molecule has 5 rings (SSSR count). The second-order valence-corrected chi connectivity index (χ2v) is 7.02. The molecule has 1 aliphatic rings. The number of nitrogens with one attached hydrogen (secondary N) is 1. The van der Waals surface area contributed by atoms with Gasteiger partial charge in [0.05, 0.1) is 37.6 Å². The Morgan fingerprint density at radius 2 is 1.79 bits per heavy atom. The SMILES string of the molecule is C=C1c2ccccc2[C@H](c2ccc(OC)c(OC)c2)N1c1ccc2[nH]cnc2c1. The third kappa shape index (κ3) is 2.66. The van der Waals surface area contributed by atoms with Crippen molar-refractivity contribution in [2.24, 2.45) is 0 Å². The van der Waals surface area contributed by atoms with Crippen molar-refractivity contribution >= 4 is 22.4 Å². The van der Waals surface area contributed by atoms with Crippen LogP contribution in [0.1, 0.15) is 22.7 Å². The highest BCUT2D eigenvalue weighted by atomic mass is 16.5. The van der Waals surface area contributed by atoms with Gasteiger partial charge >= 0.3 is 0 Å². The van der Waals surface area contributed by atoms with E-state index < -0.39 is 0 Å². The van der Waals surface area contributed by atoms with Gasteiger partial charge in [-0.25, -0.2) is 4.98 Å². The van der Waals surface area contributed by atoms with Crippen LogP contribution in [0.5, 0.6) is 11.5 Å². The van der Waals surface area contributed by atoms with Crippen molar-refractivity contribution in [2.75, 3.05) is 19.1 Å². The van der Waals surface area contributed by atoms with Crippen LogP contribution in [0.25, 0.3) is 16.7 Å². The van der Waals surface area contributed by atoms with Gasteiger partial charge in [0.25, 0.3) is 0 Å². The summed E-state index contributed by atoms with van der Waals surface area (Å²) in [5.41, 5.74) is 7.43. The Labute approximate surface area is 169 Å². The molecule has 0 aliphatic carbocycles. The molecule has 0 amide bonds. The minimum atomic E-state index is -0.0186. The average molecular weight is 383 g/mol. The second kappa shape index (κ2) is 6.71. The van der Waals surface area contributed by atoms with Crippen molar-refractivity contribution in [1.82, 2.24) is 9.97 Å². The standard InChI is InChI=1S/C24H21N3O2/c1-15-18-6-4-5-7-19(18)24(16-8-11-22(28-2)23(12-16)29-3)27(15)17-9-10-20-21(13-17)26-14-25-20/h4-14,24H,1H2,2-3H3,(H,25,26)/t24-/m0/s1. The van der Waals surface area contributed by atoms with Gasteiger partial charge in [0.2, 0.25) is 0 Å². The van der Waals surface area contributed by atoms with Crippen LogP contribution < -0.4 is 14.4 Å². The lowest BCUT2D eigenvalue weighted by molar-refractivity contribution is 0.354. The smallest absolute Gasteiger partial charge is 0.161 e. The van der Waals surface area contributed by atoms with Gasteiger partial charge in [0.15, 0.2) is 11.5 Å². The quantitative estimate of drug-likeness (QED) is 0.529. The zero-order valence-corrected chi connectivity index (χ0v) is 16.3. The van der Waals surface area contributed by atoms with Crippen molar-refractivity contribution in [1.29, 1.82) is 0 Å². The van der Waals surface area contributed by atoms with Crippen molar-refractivity contribution in [3.63, 3.8) is 0 Å². The fraction of sp³-hybridized carbons (Fsp3) is 0.125. The molecule has 1 N–H and O–H groups in total. The molecule has 0 spiro atoms. The summed E-state index contributed by atoms with van der Waals surface area (Å²) in [7, 11) is 3.31. The molecule has 3 aromatic carbocycles. The topological polar surface area (TPSA) is 50.4 Å². The van der Waals surface area contributed by atoms with E-state index in [0.29, 0.717) is 11.5 Å². The number of nitrogens with zero attached hydrogens (tertiary/aromatic N) is 2. The summed E-state index contributed by atoms with van der Waals surface area (Å²) < 4.78 is 11.0. The Morgan fingerprint density at radius 3 is 2.62 bits per heavy atom. The number of rotatable bonds is 4. The van der Waals surface area contributed by atoms with E-state index in [2.05, 4.69) is 70.0 Å². The van der Waals surface area contributed by atoms with Crippen molar-refractivity contribution in [2.45, 2.75) is 6.04 Å². The highest BCUT2D eigenvalue weighted by Gasteiger charge is 2.35. The summed E-state index contributed by atoms with van der Waals surface area (Å²) in [6.07, 6.45) is 1.72. The average Bonchev–Trinajstić information content (AvgIpc) is 3.35. The van der Waals surface area contributed by atoms with E-state index in [4.69, 9.17) is 9.47 Å². The van der Waals surface area contributed by atoms with Crippen LogP contribution in [0, 0.1) is 0 Å². The number of ether oxygens (including phenoxy) is 2. The summed E-state index contributed by atoms with van der Waals surface area (Å²) >= 11 is 0. The minimum Gasteiger partial charge on any atom is -0.493 e. The lowest BCUT2D eigenvalue weighted by Gasteiger charge is -2.29. The van der Waals surface area contributed by atoms with Crippen LogP contribution in [0.2, 0.25) is 0 Å². The van der Waals surface area contributed by atoms with Crippen molar-refractivity contribution in [3.8, 4) is 11.5 Å². The van der Waals surface area contributed by atoms with E-state index >= 15 is 0 Å². The molecule has 0 unspecified atom stereocenters. The molecular weight excluding hydrogens is 362 g/mol. The zero-order chi connectivity index (χ0) is 20.0. The van der Waals surface area contributed by atoms with Crippen molar-refractivity contribution in [3.05, 3.63) is 90.3 Å². The fourth-order valence-electron chi connectivity index (χ4n) is 4.15. The third-order valence-electron chi connectivity index (χ3n) is 5.52. The Balaban J connectivity index is 1.70. The van der Waals surface area contributed by atoms with Crippen LogP contribution >= 0.6 is 0 Å². The van der Waals surface area contributed by atoms with E-state index in [1.807, 2.05) is 12.1 Å². The first-order valence-electron chi connectivity index (χ1n) is 9.43. The van der Waals surface area contributed by atoms with Gasteiger partial charge in [-0.3, -0.25) is 0 Å². The predicted octanol–water partition coefficient (Wildman–Crippen LogP) is 5.16. The maximum absolute atomic E-state index is 5.56. The van der Waals surface area contributed by atoms with E-state index in [1.54, 1.807) is 20.5 Å². The van der Waals surface area contributed by atoms with Gasteiger partial charge < -0.3 is 19.4 Å². The molecule has 0 bridgehead atoms. The first-order chi connectivity index (χ1) is 14.2. The second-order valence-electron chi connectivity index (χ2n) is 7.02. The summed E-state index contributed by atoms with van der Waals surface area (Å²) in [5, 5.41) is 0. The number of methoxy groups -OCH3 is 2. The number of anilines is 1. The maximum Gasteiger partial charge on any atom is 0.161 e. The highest BCUT2D eigenvalue weighted by molar-refractivity contribution is 5.90. The third-order valence-corrected chi connectivity index (χ3v) is 5.52. The van der Waals surface area contributed by atoms with E-state index in [-0.39, 0.29) is 6.04 Å². The van der Waals surface area contributed by atoms with Crippen LogP contribution in [0.4, 0.5) is 5.69 Å². The molecule has 2 heterocycles. The predicted molar refractivity (Wildman–Crippen MR) is 115 cm³/mol. The van der Waals surface area contributed by atoms with Gasteiger partial charge in [-0.15, -0.1) is 0 Å². The van der Waals surface area contributed by atoms with Gasteiger partial charge in [0, 0.05) is 16.9 Å². The molecule has 1 atom stereocenters. The number of hydrogen-bond acceptors (Lipinski definition) is 4. The molecule has 5 nitrogen and oxygen atoms in total. The lowest BCUT2D eigenvalue weighted by atomic mass is 9.97. The molecule has 5 heteroatoms. The largest absolute Gasteiger partial charge is 0.493 e. The number of aromatic nitrogens is 2. The fourth-order valence-corrected chi connectivity index (χ4v) is 4.15. The summed E-state index contributed by atoms with van der Waals surface area (Å²) in [5.74, 6) is 1.42. The minimum absolute atomic E-state index is 0.0186. The molecule has 1 aromatic heterocycles. The number of hydrogen-bond donors (Lipinski definition) is 1. The van der Waals surface area contributed by atoms with Crippen LogP contribution in [0.15, 0.2) is 73.6 Å². The molecule has 144 valence electrons. The number of aromatic amines is 1. The van der Waals surface area contributed by atoms with Gasteiger partial charge in [0.1, 0.15) is 0 Å². The van der Waals surface area contributed by atoms with Gasteiger partial charge in [-0.1, -0.05) is 36.9 Å². The first-order valence-corrected chi connectivity index (χ1v) is 9.43. The number of H-pyrrole nitrogens is 1. The first kappa shape index (κ1) is 17.4. The number of fused-ring (bicyclic) bond motifs is 2. The number of imidazole rings is 1. The van der Waals surface area contributed by atoms with Crippen LogP contribution in [-0.2, 0) is 0 Å². The highest BCUT2D eigenvalue weighted by Crippen LogP contribution is 2.48. The molecule has 1 aliphatic heterocycles.